The molecular formula is C16H24Cl2N2. The van der Waals surface area contributed by atoms with Gasteiger partial charge in [0.15, 0.2) is 0 Å². The van der Waals surface area contributed by atoms with E-state index in [1.165, 1.54) is 0 Å². The Morgan fingerprint density at radius 2 is 1.60 bits per heavy atom. The van der Waals surface area contributed by atoms with Gasteiger partial charge in [0.25, 0.3) is 0 Å². The summed E-state index contributed by atoms with van der Waals surface area (Å²) in [5.41, 5.74) is 1.28. The van der Waals surface area contributed by atoms with Crippen LogP contribution in [-0.2, 0) is 6.54 Å². The van der Waals surface area contributed by atoms with Crippen LogP contribution >= 0.6 is 23.2 Å². The molecule has 1 aromatic rings. The monoisotopic (exact) mass is 314 g/mol. The predicted octanol–water partition coefficient (Wildman–Crippen LogP) is 4.39. The van der Waals surface area contributed by atoms with Crippen molar-refractivity contribution in [2.45, 2.75) is 64.2 Å². The molecule has 0 saturated carbocycles. The average Bonchev–Trinajstić information content (AvgIpc) is 2.23. The van der Waals surface area contributed by atoms with E-state index in [1.54, 1.807) is 0 Å². The molecule has 0 spiro atoms. The Kier molecular flexibility index (Phi) is 4.70. The summed E-state index contributed by atoms with van der Waals surface area (Å²) >= 11 is 12.4. The van der Waals surface area contributed by atoms with Crippen LogP contribution in [0.4, 0.5) is 0 Å². The maximum absolute atomic E-state index is 6.22. The molecule has 1 aliphatic heterocycles. The summed E-state index contributed by atoms with van der Waals surface area (Å²) in [5.74, 6) is 0. The number of piperidine rings is 1. The van der Waals surface area contributed by atoms with Crippen molar-refractivity contribution >= 4 is 23.2 Å². The van der Waals surface area contributed by atoms with E-state index in [9.17, 15) is 0 Å². The molecule has 2 N–H and O–H groups in total. The molecule has 1 aliphatic rings. The summed E-state index contributed by atoms with van der Waals surface area (Å²) in [7, 11) is 0. The Balaban J connectivity index is 2.04. The standard InChI is InChI=1S/C16H24Cl2N2/c1-15(2)8-11(9-16(3,4)20-15)19-10-12-13(17)6-5-7-14(12)18/h5-7,11,19-20H,8-10H2,1-4H3. The Bertz CT molecular complexity index is 447. The Morgan fingerprint density at radius 1 is 1.10 bits per heavy atom. The number of benzene rings is 1. The van der Waals surface area contributed by atoms with Gasteiger partial charge in [0.1, 0.15) is 0 Å². The van der Waals surface area contributed by atoms with Crippen molar-refractivity contribution < 1.29 is 0 Å². The SMILES string of the molecule is CC1(C)CC(NCc2c(Cl)cccc2Cl)CC(C)(C)N1. The van der Waals surface area contributed by atoms with E-state index < -0.39 is 0 Å². The van der Waals surface area contributed by atoms with Crippen LogP contribution in [0.2, 0.25) is 10.0 Å². The summed E-state index contributed by atoms with van der Waals surface area (Å²) in [4.78, 5) is 0. The van der Waals surface area contributed by atoms with Gasteiger partial charge in [0, 0.05) is 39.3 Å². The molecule has 1 aromatic carbocycles. The van der Waals surface area contributed by atoms with Crippen LogP contribution in [0.3, 0.4) is 0 Å². The van der Waals surface area contributed by atoms with Crippen molar-refractivity contribution in [1.82, 2.24) is 10.6 Å². The van der Waals surface area contributed by atoms with Gasteiger partial charge in [-0.1, -0.05) is 29.3 Å². The third kappa shape index (κ3) is 4.11. The van der Waals surface area contributed by atoms with Crippen LogP contribution in [-0.4, -0.2) is 17.1 Å². The number of nitrogens with one attached hydrogen (secondary N) is 2. The van der Waals surface area contributed by atoms with Crippen LogP contribution in [0.5, 0.6) is 0 Å². The van der Waals surface area contributed by atoms with Crippen molar-refractivity contribution in [2.75, 3.05) is 0 Å². The largest absolute Gasteiger partial charge is 0.310 e. The lowest BCUT2D eigenvalue weighted by Gasteiger charge is -2.46. The van der Waals surface area contributed by atoms with Crippen LogP contribution in [0.25, 0.3) is 0 Å². The lowest BCUT2D eigenvalue weighted by molar-refractivity contribution is 0.145. The van der Waals surface area contributed by atoms with Crippen molar-refractivity contribution in [1.29, 1.82) is 0 Å². The smallest absolute Gasteiger partial charge is 0.0465 e. The molecule has 1 fully saturated rings. The third-order valence-electron chi connectivity index (χ3n) is 3.82. The van der Waals surface area contributed by atoms with Gasteiger partial charge in [-0.25, -0.2) is 0 Å². The van der Waals surface area contributed by atoms with Crippen LogP contribution in [0.15, 0.2) is 18.2 Å². The summed E-state index contributed by atoms with van der Waals surface area (Å²) in [5, 5.41) is 8.78. The van der Waals surface area contributed by atoms with Crippen molar-refractivity contribution in [2.24, 2.45) is 0 Å². The van der Waals surface area contributed by atoms with Crippen LogP contribution in [0, 0.1) is 0 Å². The molecule has 2 rings (SSSR count). The highest BCUT2D eigenvalue weighted by molar-refractivity contribution is 6.35. The van der Waals surface area contributed by atoms with Gasteiger partial charge in [-0.15, -0.1) is 0 Å². The molecule has 4 heteroatoms. The van der Waals surface area contributed by atoms with Gasteiger partial charge in [-0.05, 0) is 52.7 Å². The second-order valence-electron chi connectivity index (χ2n) is 7.08. The number of hydrogen-bond donors (Lipinski definition) is 2. The first-order valence-corrected chi connectivity index (χ1v) is 7.90. The van der Waals surface area contributed by atoms with Gasteiger partial charge >= 0.3 is 0 Å². The van der Waals surface area contributed by atoms with E-state index in [2.05, 4.69) is 38.3 Å². The Labute approximate surface area is 132 Å². The molecule has 1 saturated heterocycles. The second-order valence-corrected chi connectivity index (χ2v) is 7.89. The van der Waals surface area contributed by atoms with Crippen molar-refractivity contribution in [3.8, 4) is 0 Å². The maximum atomic E-state index is 6.22. The fourth-order valence-electron chi connectivity index (χ4n) is 3.41. The normalized spacial score (nSPS) is 21.9. The molecule has 0 aliphatic carbocycles. The summed E-state index contributed by atoms with van der Waals surface area (Å²) < 4.78 is 0. The second kappa shape index (κ2) is 5.84. The summed E-state index contributed by atoms with van der Waals surface area (Å²) in [6.07, 6.45) is 2.19. The van der Waals surface area contributed by atoms with Gasteiger partial charge in [-0.3, -0.25) is 0 Å². The fraction of sp³-hybridized carbons (Fsp3) is 0.625. The Morgan fingerprint density at radius 3 is 2.10 bits per heavy atom. The van der Waals surface area contributed by atoms with Gasteiger partial charge in [0.2, 0.25) is 0 Å². The molecule has 20 heavy (non-hydrogen) atoms. The van der Waals surface area contributed by atoms with E-state index in [-0.39, 0.29) is 11.1 Å². The minimum Gasteiger partial charge on any atom is -0.310 e. The minimum absolute atomic E-state index is 0.143. The van der Waals surface area contributed by atoms with Gasteiger partial charge < -0.3 is 10.6 Å². The first-order chi connectivity index (χ1) is 9.19. The van der Waals surface area contributed by atoms with Gasteiger partial charge in [-0.2, -0.15) is 0 Å². The van der Waals surface area contributed by atoms with Crippen LogP contribution < -0.4 is 10.6 Å². The van der Waals surface area contributed by atoms with E-state index in [0.717, 1.165) is 35.0 Å². The summed E-state index contributed by atoms with van der Waals surface area (Å²) in [6.45, 7) is 9.74. The highest BCUT2D eigenvalue weighted by Crippen LogP contribution is 2.30. The first kappa shape index (κ1) is 16.1. The van der Waals surface area contributed by atoms with E-state index in [4.69, 9.17) is 23.2 Å². The quantitative estimate of drug-likeness (QED) is 0.864. The van der Waals surface area contributed by atoms with E-state index in [0.29, 0.717) is 6.04 Å². The average molecular weight is 315 g/mol. The number of halogens is 2. The lowest BCUT2D eigenvalue weighted by atomic mass is 9.79. The van der Waals surface area contributed by atoms with Crippen molar-refractivity contribution in [3.05, 3.63) is 33.8 Å². The zero-order chi connectivity index (χ0) is 15.0. The molecule has 0 aromatic heterocycles. The van der Waals surface area contributed by atoms with E-state index >= 15 is 0 Å². The molecule has 1 heterocycles. The topological polar surface area (TPSA) is 24.1 Å². The minimum atomic E-state index is 0.143. The molecule has 0 amide bonds. The molecule has 0 unspecified atom stereocenters. The Hall–Kier alpha value is -0.280. The van der Waals surface area contributed by atoms with Crippen molar-refractivity contribution in [3.63, 3.8) is 0 Å². The molecular weight excluding hydrogens is 291 g/mol. The highest BCUT2D eigenvalue weighted by atomic mass is 35.5. The van der Waals surface area contributed by atoms with Gasteiger partial charge in [0.05, 0.1) is 0 Å². The molecule has 0 bridgehead atoms. The fourth-order valence-corrected chi connectivity index (χ4v) is 3.95. The summed E-state index contributed by atoms with van der Waals surface area (Å²) in [6, 6.07) is 6.13. The van der Waals surface area contributed by atoms with Crippen LogP contribution in [0.1, 0.15) is 46.1 Å². The number of rotatable bonds is 3. The molecule has 2 nitrogen and oxygen atoms in total. The first-order valence-electron chi connectivity index (χ1n) is 7.14. The molecule has 112 valence electrons. The molecule has 0 atom stereocenters. The number of hydrogen-bond acceptors (Lipinski definition) is 2. The third-order valence-corrected chi connectivity index (χ3v) is 4.53. The highest BCUT2D eigenvalue weighted by Gasteiger charge is 2.37. The predicted molar refractivity (Wildman–Crippen MR) is 87.6 cm³/mol. The zero-order valence-electron chi connectivity index (χ0n) is 12.7. The maximum Gasteiger partial charge on any atom is 0.0465 e. The van der Waals surface area contributed by atoms with E-state index in [1.807, 2.05) is 18.2 Å². The molecule has 0 radical (unpaired) electrons. The lowest BCUT2D eigenvalue weighted by Crippen LogP contribution is -2.61. The zero-order valence-corrected chi connectivity index (χ0v) is 14.2.